The van der Waals surface area contributed by atoms with Crippen molar-refractivity contribution in [1.29, 1.82) is 0 Å². The highest BCUT2D eigenvalue weighted by Crippen LogP contribution is 2.29. The number of hydrogen-bond donors (Lipinski definition) is 3. The minimum atomic E-state index is -1.16. The van der Waals surface area contributed by atoms with E-state index in [1.54, 1.807) is 44.2 Å². The van der Waals surface area contributed by atoms with Crippen LogP contribution in [0.3, 0.4) is 0 Å². The number of carbonyl (C=O) groups excluding carboxylic acids is 3. The van der Waals surface area contributed by atoms with Gasteiger partial charge in [-0.1, -0.05) is 23.2 Å². The fourth-order valence-corrected chi connectivity index (χ4v) is 4.05. The second-order valence-corrected chi connectivity index (χ2v) is 9.20. The standard InChI is InChI=1S/C19H20Cl2N4O3S/c1-19(2,24-17(27)14-5-6-15(21)29-14)18(28)23-11-3-4-13(12(20)9-11)25-8-7-22-16(26)10-25/h3-6,9H,7-8,10H2,1-2H3,(H,22,26)(H,23,28)(H,24,27). The normalized spacial score (nSPS) is 14.3. The van der Waals surface area contributed by atoms with Gasteiger partial charge in [0.25, 0.3) is 5.91 Å². The molecule has 3 N–H and O–H groups in total. The fraction of sp³-hybridized carbons (Fsp3) is 0.316. The maximum Gasteiger partial charge on any atom is 0.262 e. The molecule has 0 atom stereocenters. The van der Waals surface area contributed by atoms with Crippen LogP contribution in [0.1, 0.15) is 23.5 Å². The molecule has 0 bridgehead atoms. The molecule has 1 saturated heterocycles. The first-order valence-corrected chi connectivity index (χ1v) is 10.4. The zero-order valence-electron chi connectivity index (χ0n) is 15.8. The van der Waals surface area contributed by atoms with Crippen molar-refractivity contribution in [1.82, 2.24) is 10.6 Å². The third kappa shape index (κ3) is 5.20. The Labute approximate surface area is 182 Å². The van der Waals surface area contributed by atoms with Gasteiger partial charge in [0, 0.05) is 18.8 Å². The smallest absolute Gasteiger partial charge is 0.262 e. The summed E-state index contributed by atoms with van der Waals surface area (Å²) >= 11 is 13.4. The molecule has 0 aliphatic carbocycles. The summed E-state index contributed by atoms with van der Waals surface area (Å²) in [5, 5.41) is 8.65. The molecule has 0 unspecified atom stereocenters. The van der Waals surface area contributed by atoms with Gasteiger partial charge in [-0.05, 0) is 44.2 Å². The molecule has 10 heteroatoms. The van der Waals surface area contributed by atoms with Crippen LogP contribution in [0, 0.1) is 0 Å². The van der Waals surface area contributed by atoms with Gasteiger partial charge in [0.2, 0.25) is 11.8 Å². The van der Waals surface area contributed by atoms with Gasteiger partial charge in [-0.25, -0.2) is 0 Å². The molecule has 0 saturated carbocycles. The SMILES string of the molecule is CC(C)(NC(=O)c1ccc(Cl)s1)C(=O)Nc1ccc(N2CCNC(=O)C2)c(Cl)c1. The first-order valence-electron chi connectivity index (χ1n) is 8.86. The van der Waals surface area contributed by atoms with Crippen molar-refractivity contribution < 1.29 is 14.4 Å². The molecule has 29 heavy (non-hydrogen) atoms. The number of nitrogens with one attached hydrogen (secondary N) is 3. The number of benzene rings is 1. The number of anilines is 2. The summed E-state index contributed by atoms with van der Waals surface area (Å²) in [7, 11) is 0. The molecule has 2 aromatic rings. The van der Waals surface area contributed by atoms with Gasteiger partial charge in [-0.15, -0.1) is 11.3 Å². The molecule has 1 aromatic heterocycles. The van der Waals surface area contributed by atoms with E-state index in [4.69, 9.17) is 23.2 Å². The van der Waals surface area contributed by atoms with Gasteiger partial charge in [0.05, 0.1) is 26.5 Å². The van der Waals surface area contributed by atoms with E-state index in [2.05, 4.69) is 16.0 Å². The maximum atomic E-state index is 12.7. The lowest BCUT2D eigenvalue weighted by molar-refractivity contribution is -0.121. The summed E-state index contributed by atoms with van der Waals surface area (Å²) in [6, 6.07) is 8.33. The zero-order valence-corrected chi connectivity index (χ0v) is 18.2. The van der Waals surface area contributed by atoms with Crippen LogP contribution in [-0.4, -0.2) is 42.9 Å². The Balaban J connectivity index is 1.66. The minimum absolute atomic E-state index is 0.0609. The number of halogens is 2. The predicted octanol–water partition coefficient (Wildman–Crippen LogP) is 3.14. The van der Waals surface area contributed by atoms with Gasteiger partial charge < -0.3 is 20.9 Å². The van der Waals surface area contributed by atoms with E-state index in [1.165, 1.54) is 0 Å². The minimum Gasteiger partial charge on any atom is -0.359 e. The first kappa shape index (κ1) is 21.4. The lowest BCUT2D eigenvalue weighted by atomic mass is 10.0. The quantitative estimate of drug-likeness (QED) is 0.646. The lowest BCUT2D eigenvalue weighted by Gasteiger charge is -2.29. The maximum absolute atomic E-state index is 12.7. The van der Waals surface area contributed by atoms with Crippen LogP contribution >= 0.6 is 34.5 Å². The number of thiophene rings is 1. The molecular weight excluding hydrogens is 435 g/mol. The van der Waals surface area contributed by atoms with E-state index in [0.717, 1.165) is 17.0 Å². The topological polar surface area (TPSA) is 90.5 Å². The third-order valence-corrected chi connectivity index (χ3v) is 5.91. The zero-order chi connectivity index (χ0) is 21.2. The highest BCUT2D eigenvalue weighted by molar-refractivity contribution is 7.18. The molecule has 3 amide bonds. The Morgan fingerprint density at radius 3 is 2.59 bits per heavy atom. The van der Waals surface area contributed by atoms with Gasteiger partial charge in [0.1, 0.15) is 5.54 Å². The van der Waals surface area contributed by atoms with Crippen molar-refractivity contribution >= 4 is 63.6 Å². The van der Waals surface area contributed by atoms with Gasteiger partial charge >= 0.3 is 0 Å². The van der Waals surface area contributed by atoms with Crippen LogP contribution in [0.25, 0.3) is 0 Å². The lowest BCUT2D eigenvalue weighted by Crippen LogP contribution is -2.52. The van der Waals surface area contributed by atoms with Crippen LogP contribution in [0.5, 0.6) is 0 Å². The molecule has 7 nitrogen and oxygen atoms in total. The van der Waals surface area contributed by atoms with Crippen LogP contribution in [-0.2, 0) is 9.59 Å². The van der Waals surface area contributed by atoms with Gasteiger partial charge in [-0.2, -0.15) is 0 Å². The summed E-state index contributed by atoms with van der Waals surface area (Å²) in [5.41, 5.74) is 0.0530. The van der Waals surface area contributed by atoms with Gasteiger partial charge in [0.15, 0.2) is 0 Å². The van der Waals surface area contributed by atoms with Crippen LogP contribution in [0.4, 0.5) is 11.4 Å². The summed E-state index contributed by atoms with van der Waals surface area (Å²) in [5.74, 6) is -0.831. The van der Waals surface area contributed by atoms with Crippen molar-refractivity contribution in [2.24, 2.45) is 0 Å². The number of amides is 3. The number of nitrogens with zero attached hydrogens (tertiary/aromatic N) is 1. The summed E-state index contributed by atoms with van der Waals surface area (Å²) in [4.78, 5) is 38.9. The second kappa shape index (κ2) is 8.61. The molecular formula is C19H20Cl2N4O3S. The number of piperazine rings is 1. The fourth-order valence-electron chi connectivity index (χ4n) is 2.81. The Bertz CT molecular complexity index is 961. The molecule has 154 valence electrons. The summed E-state index contributed by atoms with van der Waals surface area (Å²) < 4.78 is 0.498. The highest BCUT2D eigenvalue weighted by atomic mass is 35.5. The molecule has 1 aromatic carbocycles. The predicted molar refractivity (Wildman–Crippen MR) is 116 cm³/mol. The van der Waals surface area contributed by atoms with E-state index in [1.807, 2.05) is 4.90 Å². The highest BCUT2D eigenvalue weighted by Gasteiger charge is 2.30. The first-order chi connectivity index (χ1) is 13.7. The van der Waals surface area contributed by atoms with Gasteiger partial charge in [-0.3, -0.25) is 14.4 Å². The van der Waals surface area contributed by atoms with Crippen LogP contribution in [0.2, 0.25) is 9.36 Å². The second-order valence-electron chi connectivity index (χ2n) is 7.07. The molecule has 0 spiro atoms. The third-order valence-electron chi connectivity index (χ3n) is 4.38. The van der Waals surface area contributed by atoms with Crippen molar-refractivity contribution in [2.45, 2.75) is 19.4 Å². The van der Waals surface area contributed by atoms with Crippen LogP contribution < -0.4 is 20.9 Å². The van der Waals surface area contributed by atoms with Crippen molar-refractivity contribution in [3.05, 3.63) is 44.6 Å². The molecule has 0 radical (unpaired) electrons. The molecule has 1 fully saturated rings. The van der Waals surface area contributed by atoms with Crippen molar-refractivity contribution in [3.8, 4) is 0 Å². The Morgan fingerprint density at radius 2 is 1.97 bits per heavy atom. The van der Waals surface area contributed by atoms with E-state index < -0.39 is 11.4 Å². The van der Waals surface area contributed by atoms with E-state index in [0.29, 0.717) is 33.0 Å². The number of carbonyl (C=O) groups is 3. The molecule has 1 aliphatic heterocycles. The average Bonchev–Trinajstić information content (AvgIpc) is 3.08. The number of hydrogen-bond acceptors (Lipinski definition) is 5. The molecule has 2 heterocycles. The Hall–Kier alpha value is -2.29. The van der Waals surface area contributed by atoms with Crippen LogP contribution in [0.15, 0.2) is 30.3 Å². The van der Waals surface area contributed by atoms with E-state index in [9.17, 15) is 14.4 Å². The molecule has 1 aliphatic rings. The van der Waals surface area contributed by atoms with E-state index >= 15 is 0 Å². The Kier molecular flexibility index (Phi) is 6.36. The largest absolute Gasteiger partial charge is 0.359 e. The molecule has 3 rings (SSSR count). The van der Waals surface area contributed by atoms with Crippen molar-refractivity contribution in [3.63, 3.8) is 0 Å². The summed E-state index contributed by atoms with van der Waals surface area (Å²) in [6.07, 6.45) is 0. The van der Waals surface area contributed by atoms with E-state index in [-0.39, 0.29) is 18.4 Å². The Morgan fingerprint density at radius 1 is 1.21 bits per heavy atom. The number of rotatable bonds is 5. The van der Waals surface area contributed by atoms with Crippen molar-refractivity contribution in [2.75, 3.05) is 29.9 Å². The summed E-state index contributed by atoms with van der Waals surface area (Å²) in [6.45, 7) is 4.66. The monoisotopic (exact) mass is 454 g/mol. The average molecular weight is 455 g/mol.